The van der Waals surface area contributed by atoms with Crippen LogP contribution in [0.3, 0.4) is 0 Å². The molecule has 9 heterocycles. The maximum atomic E-state index is 2.52. The number of benzene rings is 22. The highest BCUT2D eigenvalue weighted by atomic mass is 15.2. The first-order valence-corrected chi connectivity index (χ1v) is 48.5. The Bertz CT molecular complexity index is 10200. The number of fused-ring (bicyclic) bond motifs is 18. The minimum Gasteiger partial charge on any atom is -0.311 e. The van der Waals surface area contributed by atoms with Crippen molar-refractivity contribution in [1.82, 2.24) is 26.9 Å². The number of para-hydroxylation sites is 12. The van der Waals surface area contributed by atoms with Crippen molar-refractivity contribution in [3.63, 3.8) is 0 Å². The maximum Gasteiger partial charge on any atom is 0.0642 e. The predicted octanol–water partition coefficient (Wildman–Crippen LogP) is 35.9. The Morgan fingerprint density at radius 3 is 0.745 bits per heavy atom. The summed E-state index contributed by atoms with van der Waals surface area (Å²) in [7, 11) is 0. The number of rotatable bonds is 13. The van der Waals surface area contributed by atoms with Gasteiger partial charge in [-0.3, -0.25) is 0 Å². The first-order valence-electron chi connectivity index (χ1n) is 48.5. The molecule has 658 valence electrons. The number of hydrogen-bond donors (Lipinski definition) is 0. The third kappa shape index (κ3) is 12.1. The zero-order chi connectivity index (χ0) is 92.4. The van der Waals surface area contributed by atoms with E-state index in [4.69, 9.17) is 0 Å². The van der Waals surface area contributed by atoms with E-state index in [1.165, 1.54) is 191 Å². The van der Waals surface area contributed by atoms with E-state index in [0.29, 0.717) is 0 Å². The lowest BCUT2D eigenvalue weighted by Crippen LogP contribution is -2.10. The van der Waals surface area contributed by atoms with Crippen molar-refractivity contribution < 1.29 is 0 Å². The van der Waals surface area contributed by atoms with Crippen molar-refractivity contribution in [3.05, 3.63) is 516 Å². The van der Waals surface area contributed by atoms with E-state index >= 15 is 0 Å². The van der Waals surface area contributed by atoms with Crippen LogP contribution in [0.15, 0.2) is 516 Å². The third-order valence-electron chi connectivity index (χ3n) is 29.4. The molecule has 0 saturated heterocycles. The molecule has 22 aromatic carbocycles. The summed E-state index contributed by atoms with van der Waals surface area (Å²) in [5.74, 6) is 0. The summed E-state index contributed by atoms with van der Waals surface area (Å²) in [4.78, 5) is 6.99. The SMILES string of the molecule is c1ccc(-c2cc3c4ccccc4n4c5ccccc5c5cccc6c5c(c2n6-c2cccc(N(c5ccccc5)c5ccccc5)c2)c34)cc1.c1ccc(N(c2ccccc2)c2ccc(-n3c4cccc5c6ccccc6n6c7ccccc7c7ccc3c(c54)c76)cc2)cc1.c1ccc(N(c2ccccc2)c2cccc(-n3c4cccc5c6ccccc6n6c7ccccc7c7ccc3c(c54)c76)c2)cc1. The molecule has 0 unspecified atom stereocenters. The fourth-order valence-electron chi connectivity index (χ4n) is 23.8. The average molecular weight is 1800 g/mol. The standard InChI is InChI=1S/C48H31N3.2C42H27N3/c1-4-16-32(17-5-1)40-31-41-38-25-11-13-28-43(38)51-42-27-12-10-24-37(42)39-26-15-29-44-45(39)46(48(41)51)47(40)50(44)36-23-14-22-35(30-36)49(33-18-6-2-7-19-33)34-20-8-3-9-21-34;1-3-13-28(14-4-1)43(29-15-5-2-6-16-29)30-17-11-18-31(27-30)44-38-24-12-21-34-32-19-7-9-22-36(32)45-37-23-10-8-20-33(37)35-25-26-39(44)41(40(34)38)42(35)45;1-3-12-28(13-4-1)43(29-14-5-2-6-15-29)30-22-24-31(25-23-30)44-38-21-11-18-34-32-16-7-9-19-36(32)45-37-20-10-8-17-33(37)35-26-27-39(44)41(40(34)38)42(35)45/h1-31H;2*1-27H. The summed E-state index contributed by atoms with van der Waals surface area (Å²) in [6, 6.07) is 187. The molecule has 0 atom stereocenters. The fraction of sp³-hybridized carbons (Fsp3) is 0. The fourth-order valence-corrected chi connectivity index (χ4v) is 23.8. The van der Waals surface area contributed by atoms with Crippen molar-refractivity contribution >= 4 is 231 Å². The Morgan fingerprint density at radius 2 is 0.376 bits per heavy atom. The molecule has 141 heavy (non-hydrogen) atoms. The lowest BCUT2D eigenvalue weighted by Gasteiger charge is -2.26. The third-order valence-corrected chi connectivity index (χ3v) is 29.4. The molecule has 9 heteroatoms. The second-order valence-electron chi connectivity index (χ2n) is 36.9. The van der Waals surface area contributed by atoms with Gasteiger partial charge in [-0.05, 0) is 228 Å². The van der Waals surface area contributed by atoms with E-state index in [9.17, 15) is 0 Å². The summed E-state index contributed by atoms with van der Waals surface area (Å²) < 4.78 is 14.9. The van der Waals surface area contributed by atoms with Crippen molar-refractivity contribution in [2.24, 2.45) is 0 Å². The highest BCUT2D eigenvalue weighted by Crippen LogP contribution is 2.53. The molecule has 0 saturated carbocycles. The molecule has 31 rings (SSSR count). The van der Waals surface area contributed by atoms with Gasteiger partial charge in [-0.25, -0.2) is 0 Å². The van der Waals surface area contributed by atoms with E-state index in [1.807, 2.05) is 0 Å². The van der Waals surface area contributed by atoms with Crippen molar-refractivity contribution in [2.45, 2.75) is 0 Å². The van der Waals surface area contributed by atoms with Crippen LogP contribution >= 0.6 is 0 Å². The second kappa shape index (κ2) is 31.8. The summed E-state index contributed by atoms with van der Waals surface area (Å²) in [6.45, 7) is 0. The van der Waals surface area contributed by atoms with Gasteiger partial charge in [-0.2, -0.15) is 0 Å². The monoisotopic (exact) mass is 1800 g/mol. The molecule has 0 aliphatic carbocycles. The first-order chi connectivity index (χ1) is 70.1. The smallest absolute Gasteiger partial charge is 0.0642 e. The van der Waals surface area contributed by atoms with Gasteiger partial charge >= 0.3 is 0 Å². The van der Waals surface area contributed by atoms with Crippen LogP contribution in [0.25, 0.3) is 208 Å². The minimum absolute atomic E-state index is 1.10. The Kier molecular flexibility index (Phi) is 17.9. The van der Waals surface area contributed by atoms with Crippen LogP contribution in [0.1, 0.15) is 0 Å². The zero-order valence-corrected chi connectivity index (χ0v) is 76.6. The van der Waals surface area contributed by atoms with Gasteiger partial charge in [-0.1, -0.05) is 309 Å². The molecule has 0 N–H and O–H groups in total. The van der Waals surface area contributed by atoms with Crippen molar-refractivity contribution in [1.29, 1.82) is 0 Å². The summed E-state index contributed by atoms with van der Waals surface area (Å²) >= 11 is 0. The van der Waals surface area contributed by atoms with Crippen LogP contribution in [0.4, 0.5) is 51.2 Å². The molecule has 0 spiro atoms. The van der Waals surface area contributed by atoms with E-state index < -0.39 is 0 Å². The Hall–Kier alpha value is -19.0. The Balaban J connectivity index is 0.000000102. The second-order valence-corrected chi connectivity index (χ2v) is 36.9. The lowest BCUT2D eigenvalue weighted by molar-refractivity contribution is 1.17. The lowest BCUT2D eigenvalue weighted by atomic mass is 9.97. The van der Waals surface area contributed by atoms with E-state index in [-0.39, 0.29) is 0 Å². The molecule has 9 aromatic heterocycles. The van der Waals surface area contributed by atoms with Crippen LogP contribution in [0.2, 0.25) is 0 Å². The molecule has 0 radical (unpaired) electrons. The summed E-state index contributed by atoms with van der Waals surface area (Å²) in [5.41, 5.74) is 34.4. The van der Waals surface area contributed by atoms with Crippen molar-refractivity contribution in [2.75, 3.05) is 14.7 Å². The highest BCUT2D eigenvalue weighted by Gasteiger charge is 2.31. The molecule has 31 aromatic rings. The average Bonchev–Trinajstić information content (AvgIpc) is 1.54. The van der Waals surface area contributed by atoms with Gasteiger partial charge in [0.25, 0.3) is 0 Å². The van der Waals surface area contributed by atoms with Gasteiger partial charge in [0.2, 0.25) is 0 Å². The van der Waals surface area contributed by atoms with Gasteiger partial charge in [-0.15, -0.1) is 0 Å². The molecule has 0 bridgehead atoms. The number of hydrogen-bond acceptors (Lipinski definition) is 3. The number of anilines is 9. The van der Waals surface area contributed by atoms with E-state index in [0.717, 1.165) is 68.2 Å². The molecule has 0 aliphatic rings. The molecule has 0 amide bonds. The zero-order valence-electron chi connectivity index (χ0n) is 76.6. The van der Waals surface area contributed by atoms with Crippen LogP contribution in [-0.4, -0.2) is 26.9 Å². The quantitative estimate of drug-likeness (QED) is 0.115. The Labute approximate surface area is 810 Å². The van der Waals surface area contributed by atoms with E-state index in [2.05, 4.69) is 557 Å². The largest absolute Gasteiger partial charge is 0.311 e. The molecule has 9 nitrogen and oxygen atoms in total. The van der Waals surface area contributed by atoms with Gasteiger partial charge < -0.3 is 41.6 Å². The molecule has 0 aliphatic heterocycles. The van der Waals surface area contributed by atoms with Crippen LogP contribution < -0.4 is 14.7 Å². The van der Waals surface area contributed by atoms with Crippen LogP contribution in [0, 0.1) is 0 Å². The van der Waals surface area contributed by atoms with Crippen LogP contribution in [-0.2, 0) is 0 Å². The molecular formula is C132H85N9. The number of aromatic nitrogens is 6. The molecule has 0 fully saturated rings. The maximum absolute atomic E-state index is 2.52. The van der Waals surface area contributed by atoms with Gasteiger partial charge in [0.15, 0.2) is 0 Å². The normalized spacial score (nSPS) is 12.0. The summed E-state index contributed by atoms with van der Waals surface area (Å²) in [6.07, 6.45) is 0. The predicted molar refractivity (Wildman–Crippen MR) is 596 cm³/mol. The van der Waals surface area contributed by atoms with Crippen molar-refractivity contribution in [3.8, 4) is 28.2 Å². The topological polar surface area (TPSA) is 37.7 Å². The number of nitrogens with zero attached hydrogens (tertiary/aromatic N) is 9. The first kappa shape index (κ1) is 79.4. The minimum atomic E-state index is 1.10. The highest BCUT2D eigenvalue weighted by molar-refractivity contribution is 6.38. The van der Waals surface area contributed by atoms with E-state index in [1.54, 1.807) is 0 Å². The summed E-state index contributed by atoms with van der Waals surface area (Å²) in [5, 5.41) is 23.1. The Morgan fingerprint density at radius 1 is 0.128 bits per heavy atom. The van der Waals surface area contributed by atoms with Gasteiger partial charge in [0.1, 0.15) is 0 Å². The van der Waals surface area contributed by atoms with Crippen LogP contribution in [0.5, 0.6) is 0 Å². The molecular weight excluding hydrogens is 1710 g/mol. The van der Waals surface area contributed by atoms with Gasteiger partial charge in [0.05, 0.1) is 82.8 Å². The van der Waals surface area contributed by atoms with Gasteiger partial charge in [0, 0.05) is 155 Å².